The molecule has 0 radical (unpaired) electrons. The molecule has 0 bridgehead atoms. The molecule has 2 nitrogen and oxygen atoms in total. The zero-order chi connectivity index (χ0) is 7.40. The second-order valence-corrected chi connectivity index (χ2v) is 3.77. The van der Waals surface area contributed by atoms with Gasteiger partial charge in [0.25, 0.3) is 0 Å². The molecule has 1 fully saturated rings. The van der Waals surface area contributed by atoms with Crippen LogP contribution in [-0.2, 0) is 4.79 Å². The molecule has 0 aromatic rings. The van der Waals surface area contributed by atoms with Crippen molar-refractivity contribution in [2.45, 2.75) is 25.0 Å². The molecule has 1 heterocycles. The van der Waals surface area contributed by atoms with Crippen LogP contribution in [0.2, 0.25) is 0 Å². The predicted octanol–water partition coefficient (Wildman–Crippen LogP) is 0.370. The van der Waals surface area contributed by atoms with E-state index >= 15 is 0 Å². The summed E-state index contributed by atoms with van der Waals surface area (Å²) < 4.78 is 0. The number of thioether (sulfide) groups is 1. The Bertz CT molecular complexity index is 132. The maximum absolute atomic E-state index is 10.7. The van der Waals surface area contributed by atoms with E-state index in [0.717, 1.165) is 12.3 Å². The fraction of sp³-hybridized carbons (Fsp3) is 0.857. The van der Waals surface area contributed by atoms with E-state index in [1.165, 1.54) is 12.8 Å². The van der Waals surface area contributed by atoms with Crippen molar-refractivity contribution in [1.29, 1.82) is 0 Å². The van der Waals surface area contributed by atoms with E-state index in [0.29, 0.717) is 0 Å². The monoisotopic (exact) mass is 183 g/mol. The van der Waals surface area contributed by atoms with Crippen LogP contribution in [0.15, 0.2) is 0 Å². The van der Waals surface area contributed by atoms with Crippen molar-refractivity contribution in [2.24, 2.45) is 0 Å². The van der Waals surface area contributed by atoms with Crippen molar-refractivity contribution >= 4 is 47.2 Å². The number of nitrogens with one attached hydrogen (secondary N) is 1. The first-order chi connectivity index (χ1) is 4.84. The molecule has 1 N–H and O–H groups in total. The number of carbonyl (C=O) groups is 1. The Morgan fingerprint density at radius 1 is 1.73 bits per heavy atom. The molecule has 60 valence electrons. The molecule has 1 rings (SSSR count). The Balaban J connectivity index is 0.000001000. The van der Waals surface area contributed by atoms with Crippen LogP contribution < -0.4 is 5.32 Å². The van der Waals surface area contributed by atoms with Gasteiger partial charge in [-0.15, -0.1) is 11.8 Å². The van der Waals surface area contributed by atoms with Crippen molar-refractivity contribution in [2.75, 3.05) is 12.3 Å². The van der Waals surface area contributed by atoms with E-state index in [9.17, 15) is 4.79 Å². The molecule has 1 saturated heterocycles. The Hall–Kier alpha value is 0.820. The van der Waals surface area contributed by atoms with Crippen molar-refractivity contribution in [3.8, 4) is 0 Å². The molecule has 1 aliphatic heterocycles. The zero-order valence-corrected chi connectivity index (χ0v) is 7.04. The Labute approximate surface area is 94.2 Å². The van der Waals surface area contributed by atoms with Gasteiger partial charge in [-0.2, -0.15) is 0 Å². The van der Waals surface area contributed by atoms with Gasteiger partial charge in [-0.3, -0.25) is 4.79 Å². The Kier molecular flexibility index (Phi) is 6.82. The SMILES string of the molecule is CCCCSC1CNC1=O.[NaH]. The fourth-order valence-corrected chi connectivity index (χ4v) is 1.95. The first-order valence-electron chi connectivity index (χ1n) is 3.74. The third kappa shape index (κ3) is 3.83. The number of rotatable bonds is 4. The second-order valence-electron chi connectivity index (χ2n) is 2.46. The molecule has 1 unspecified atom stereocenters. The summed E-state index contributed by atoms with van der Waals surface area (Å²) in [6.45, 7) is 3.05. The number of amides is 1. The van der Waals surface area contributed by atoms with Crippen LogP contribution in [0.4, 0.5) is 0 Å². The molecule has 1 atom stereocenters. The van der Waals surface area contributed by atoms with Crippen LogP contribution in [0.1, 0.15) is 19.8 Å². The molecule has 11 heavy (non-hydrogen) atoms. The average Bonchev–Trinajstić information content (AvgIpc) is 1.95. The number of hydrogen-bond acceptors (Lipinski definition) is 2. The number of unbranched alkanes of at least 4 members (excludes halogenated alkanes) is 1. The molecule has 1 amide bonds. The van der Waals surface area contributed by atoms with E-state index in [-0.39, 0.29) is 40.7 Å². The minimum absolute atomic E-state index is 0. The van der Waals surface area contributed by atoms with Gasteiger partial charge in [0.2, 0.25) is 5.91 Å². The number of carbonyl (C=O) groups excluding carboxylic acids is 1. The van der Waals surface area contributed by atoms with Gasteiger partial charge in [0, 0.05) is 6.54 Å². The second kappa shape index (κ2) is 6.35. The minimum atomic E-state index is 0. The summed E-state index contributed by atoms with van der Waals surface area (Å²) in [5.41, 5.74) is 0. The normalized spacial score (nSPS) is 21.5. The molecular formula is C7H14NNaOS. The van der Waals surface area contributed by atoms with Crippen LogP contribution >= 0.6 is 11.8 Å². The molecule has 0 saturated carbocycles. The predicted molar refractivity (Wildman–Crippen MR) is 51.3 cm³/mol. The van der Waals surface area contributed by atoms with E-state index in [1.807, 2.05) is 0 Å². The quantitative estimate of drug-likeness (QED) is 0.387. The molecule has 0 aromatic carbocycles. The van der Waals surface area contributed by atoms with Crippen molar-refractivity contribution in [3.05, 3.63) is 0 Å². The summed E-state index contributed by atoms with van der Waals surface area (Å²) in [6.07, 6.45) is 2.45. The zero-order valence-electron chi connectivity index (χ0n) is 6.22. The van der Waals surface area contributed by atoms with Gasteiger partial charge >= 0.3 is 29.6 Å². The van der Waals surface area contributed by atoms with Crippen LogP contribution in [-0.4, -0.2) is 53.0 Å². The van der Waals surface area contributed by atoms with E-state index in [4.69, 9.17) is 0 Å². The van der Waals surface area contributed by atoms with E-state index in [2.05, 4.69) is 12.2 Å². The summed E-state index contributed by atoms with van der Waals surface area (Å²) in [6, 6.07) is 0. The van der Waals surface area contributed by atoms with E-state index < -0.39 is 0 Å². The van der Waals surface area contributed by atoms with Gasteiger partial charge in [-0.05, 0) is 12.2 Å². The van der Waals surface area contributed by atoms with Gasteiger partial charge in [-0.1, -0.05) is 13.3 Å². The summed E-state index contributed by atoms with van der Waals surface area (Å²) in [7, 11) is 0. The van der Waals surface area contributed by atoms with Crippen LogP contribution in [0.3, 0.4) is 0 Å². The van der Waals surface area contributed by atoms with Crippen LogP contribution in [0.25, 0.3) is 0 Å². The van der Waals surface area contributed by atoms with Gasteiger partial charge in [0.15, 0.2) is 0 Å². The summed E-state index contributed by atoms with van der Waals surface area (Å²) >= 11 is 1.78. The first-order valence-corrected chi connectivity index (χ1v) is 4.78. The third-order valence-electron chi connectivity index (χ3n) is 1.57. The van der Waals surface area contributed by atoms with Gasteiger partial charge in [0.05, 0.1) is 0 Å². The summed E-state index contributed by atoms with van der Waals surface area (Å²) in [5.74, 6) is 1.36. The molecule has 1 aliphatic rings. The van der Waals surface area contributed by atoms with Gasteiger partial charge in [-0.25, -0.2) is 0 Å². The molecule has 4 heteroatoms. The average molecular weight is 183 g/mol. The van der Waals surface area contributed by atoms with Crippen LogP contribution in [0, 0.1) is 0 Å². The summed E-state index contributed by atoms with van der Waals surface area (Å²) in [5, 5.41) is 3.00. The summed E-state index contributed by atoms with van der Waals surface area (Å²) in [4.78, 5) is 10.7. The van der Waals surface area contributed by atoms with Gasteiger partial charge < -0.3 is 5.32 Å². The van der Waals surface area contributed by atoms with Crippen molar-refractivity contribution in [1.82, 2.24) is 5.32 Å². The van der Waals surface area contributed by atoms with Gasteiger partial charge in [0.1, 0.15) is 5.25 Å². The Morgan fingerprint density at radius 2 is 2.45 bits per heavy atom. The molecule has 0 spiro atoms. The standard InChI is InChI=1S/C7H13NOS.Na.H/c1-2-3-4-10-6-5-8-7(6)9;;/h6H,2-5H2,1H3,(H,8,9);;. The van der Waals surface area contributed by atoms with Crippen LogP contribution in [0.5, 0.6) is 0 Å². The maximum atomic E-state index is 10.7. The van der Waals surface area contributed by atoms with Crippen molar-refractivity contribution < 1.29 is 4.79 Å². The third-order valence-corrected chi connectivity index (χ3v) is 2.88. The topological polar surface area (TPSA) is 29.1 Å². The molecular weight excluding hydrogens is 169 g/mol. The van der Waals surface area contributed by atoms with Crippen molar-refractivity contribution in [3.63, 3.8) is 0 Å². The number of β-lactam (4-membered cyclic amide) rings is 1. The Morgan fingerprint density at radius 3 is 2.82 bits per heavy atom. The molecule has 0 aliphatic carbocycles. The van der Waals surface area contributed by atoms with E-state index in [1.54, 1.807) is 11.8 Å². The fourth-order valence-electron chi connectivity index (χ4n) is 0.773. The number of hydrogen-bond donors (Lipinski definition) is 1. The first kappa shape index (κ1) is 11.8. The molecule has 0 aromatic heterocycles.